The lowest BCUT2D eigenvalue weighted by Crippen LogP contribution is -2.47. The minimum atomic E-state index is -4.69. The van der Waals surface area contributed by atoms with Crippen molar-refractivity contribution < 1.29 is 37.3 Å². The summed E-state index contributed by atoms with van der Waals surface area (Å²) in [6.45, 7) is 6.86. The zero-order valence-corrected chi connectivity index (χ0v) is 52.1. The number of rotatable bonds is 60. The summed E-state index contributed by atoms with van der Waals surface area (Å²) in [5.74, 6) is -0.526. The highest BCUT2D eigenvalue weighted by molar-refractivity contribution is 7.45. The number of carbonyl (C=O) groups is 2. The lowest BCUT2D eigenvalue weighted by atomic mass is 10.0. The van der Waals surface area contributed by atoms with Crippen LogP contribution in [0.5, 0.6) is 0 Å². The summed E-state index contributed by atoms with van der Waals surface area (Å²) in [4.78, 5) is 40.0. The van der Waals surface area contributed by atoms with Gasteiger partial charge in [0.05, 0.1) is 33.8 Å². The normalized spacial score (nSPS) is 13.8. The first kappa shape index (κ1) is 74.2. The molecule has 0 aromatic heterocycles. The predicted molar refractivity (Wildman–Crippen MR) is 326 cm³/mol. The minimum Gasteiger partial charge on any atom is -0.756 e. The maximum absolute atomic E-state index is 13.6. The fraction of sp³-hybridized carbons (Fsp3) is 0.879. The van der Waals surface area contributed by atoms with Crippen LogP contribution in [0.25, 0.3) is 0 Å². The highest BCUT2D eigenvalue weighted by Gasteiger charge is 2.27. The maximum Gasteiger partial charge on any atom is 0.306 e. The molecule has 448 valence electrons. The molecule has 0 aliphatic carbocycles. The van der Waals surface area contributed by atoms with Gasteiger partial charge in [-0.1, -0.05) is 282 Å². The third-order valence-corrected chi connectivity index (χ3v) is 15.8. The van der Waals surface area contributed by atoms with Gasteiger partial charge >= 0.3 is 5.97 Å². The summed E-state index contributed by atoms with van der Waals surface area (Å²) < 4.78 is 30.4. The van der Waals surface area contributed by atoms with Crippen LogP contribution in [-0.2, 0) is 27.9 Å². The van der Waals surface area contributed by atoms with Gasteiger partial charge in [0.2, 0.25) is 5.91 Å². The second-order valence-corrected chi connectivity index (χ2v) is 25.0. The number of likely N-dealkylation sites (N-methyl/N-ethyl adjacent to an activating group) is 1. The van der Waals surface area contributed by atoms with E-state index in [1.165, 1.54) is 225 Å². The number of unbranched alkanes of at least 4 members (excludes halogenated alkanes) is 40. The molecule has 1 amide bonds. The number of allylic oxidation sites excluding steroid dienone is 5. The van der Waals surface area contributed by atoms with Gasteiger partial charge in [-0.15, -0.1) is 0 Å². The summed E-state index contributed by atoms with van der Waals surface area (Å²) in [5.41, 5.74) is 0. The Morgan fingerprint density at radius 3 is 1.21 bits per heavy atom. The molecule has 0 bridgehead atoms. The van der Waals surface area contributed by atoms with Crippen LogP contribution in [0.1, 0.15) is 323 Å². The van der Waals surface area contributed by atoms with Crippen molar-refractivity contribution in [2.24, 2.45) is 0 Å². The number of nitrogens with one attached hydrogen (secondary N) is 1. The summed E-state index contributed by atoms with van der Waals surface area (Å²) in [6, 6.07) is -0.884. The maximum atomic E-state index is 13.6. The molecule has 10 heteroatoms. The van der Waals surface area contributed by atoms with E-state index < -0.39 is 20.0 Å². The van der Waals surface area contributed by atoms with Crippen molar-refractivity contribution in [2.75, 3.05) is 40.9 Å². The van der Waals surface area contributed by atoms with E-state index in [9.17, 15) is 19.0 Å². The number of amides is 1. The van der Waals surface area contributed by atoms with Crippen molar-refractivity contribution in [2.45, 2.75) is 335 Å². The number of hydrogen-bond donors (Lipinski definition) is 1. The Labute approximate surface area is 472 Å². The Morgan fingerprint density at radius 1 is 0.461 bits per heavy atom. The molecule has 3 unspecified atom stereocenters. The van der Waals surface area contributed by atoms with Crippen molar-refractivity contribution in [1.29, 1.82) is 0 Å². The van der Waals surface area contributed by atoms with Crippen LogP contribution in [0.2, 0.25) is 0 Å². The zero-order chi connectivity index (χ0) is 55.7. The summed E-state index contributed by atoms with van der Waals surface area (Å²) >= 11 is 0. The first-order valence-electron chi connectivity index (χ1n) is 32.8. The molecule has 3 atom stereocenters. The summed E-state index contributed by atoms with van der Waals surface area (Å²) in [5, 5.41) is 3.04. The Kier molecular flexibility index (Phi) is 55.2. The highest BCUT2D eigenvalue weighted by atomic mass is 31.2. The Balaban J connectivity index is 5.11. The predicted octanol–water partition coefficient (Wildman–Crippen LogP) is 19.7. The third kappa shape index (κ3) is 56.9. The van der Waals surface area contributed by atoms with E-state index in [0.717, 1.165) is 64.2 Å². The first-order valence-corrected chi connectivity index (χ1v) is 34.3. The molecule has 0 saturated heterocycles. The van der Waals surface area contributed by atoms with Crippen LogP contribution >= 0.6 is 7.82 Å². The monoisotopic (exact) mass is 1090 g/mol. The molecule has 0 fully saturated rings. The molecule has 0 aromatic rings. The minimum absolute atomic E-state index is 0.0196. The molecule has 0 heterocycles. The SMILES string of the molecule is CCCCC/C=C\C/C=C\CCCCCCCCCCCCCCCC(=O)NC(COP(=O)([O-])OCC[N+](C)(C)C)C(/C=C\CCCCCCCCCCCC)OC(=O)CCCCCCCCCCCCCCCCC. The standard InChI is InChI=1S/C66H127N2O7P/c1-7-10-13-16-19-22-25-28-30-31-32-33-34-35-36-37-39-40-43-46-49-52-55-58-65(69)67-63(62-74-76(71,72)73-61-60-68(4,5)6)64(57-54-51-48-45-42-27-24-21-18-15-12-9-3)75-66(70)59-56-53-50-47-44-41-38-29-26-23-20-17-14-11-8-2/h19,22,28,30,54,57,63-64H,7-18,20-21,23-27,29,31-53,55-56,58-62H2,1-6H3,(H-,67,69,71,72)/b22-19-,30-28-,57-54-. The number of quaternary nitrogens is 1. The van der Waals surface area contributed by atoms with Crippen LogP contribution in [0, 0.1) is 0 Å². The molecule has 0 aromatic carbocycles. The smallest absolute Gasteiger partial charge is 0.306 e. The third-order valence-electron chi connectivity index (χ3n) is 14.8. The number of phosphoric ester groups is 1. The number of nitrogens with zero attached hydrogens (tertiary/aromatic N) is 1. The molecule has 0 aliphatic heterocycles. The molecular weight excluding hydrogens is 964 g/mol. The van der Waals surface area contributed by atoms with Crippen LogP contribution in [0.15, 0.2) is 36.5 Å². The van der Waals surface area contributed by atoms with E-state index in [0.29, 0.717) is 17.4 Å². The number of hydrogen-bond acceptors (Lipinski definition) is 7. The Morgan fingerprint density at radius 2 is 0.803 bits per heavy atom. The van der Waals surface area contributed by atoms with E-state index in [1.54, 1.807) is 0 Å². The lowest BCUT2D eigenvalue weighted by molar-refractivity contribution is -0.870. The van der Waals surface area contributed by atoms with Crippen molar-refractivity contribution in [3.8, 4) is 0 Å². The number of esters is 1. The molecule has 0 rings (SSSR count). The van der Waals surface area contributed by atoms with E-state index >= 15 is 0 Å². The lowest BCUT2D eigenvalue weighted by Gasteiger charge is -2.30. The second-order valence-electron chi connectivity index (χ2n) is 23.6. The first-order chi connectivity index (χ1) is 36.9. The van der Waals surface area contributed by atoms with Crippen LogP contribution in [-0.4, -0.2) is 69.4 Å². The molecular formula is C66H127N2O7P. The van der Waals surface area contributed by atoms with Gasteiger partial charge in [0.15, 0.2) is 0 Å². The van der Waals surface area contributed by atoms with E-state index in [-0.39, 0.29) is 31.5 Å². The van der Waals surface area contributed by atoms with Gasteiger partial charge in [-0.25, -0.2) is 0 Å². The van der Waals surface area contributed by atoms with Crippen LogP contribution < -0.4 is 10.2 Å². The average Bonchev–Trinajstić information content (AvgIpc) is 3.38. The van der Waals surface area contributed by atoms with Crippen molar-refractivity contribution in [1.82, 2.24) is 5.32 Å². The molecule has 0 aliphatic rings. The van der Waals surface area contributed by atoms with E-state index in [2.05, 4.69) is 50.4 Å². The van der Waals surface area contributed by atoms with Crippen molar-refractivity contribution >= 4 is 19.7 Å². The highest BCUT2D eigenvalue weighted by Crippen LogP contribution is 2.38. The van der Waals surface area contributed by atoms with Crippen LogP contribution in [0.4, 0.5) is 0 Å². The van der Waals surface area contributed by atoms with Gasteiger partial charge in [-0.05, 0) is 63.9 Å². The number of phosphoric acid groups is 1. The molecule has 0 spiro atoms. The largest absolute Gasteiger partial charge is 0.756 e. The fourth-order valence-corrected chi connectivity index (χ4v) is 10.5. The number of carbonyl (C=O) groups excluding carboxylic acids is 2. The van der Waals surface area contributed by atoms with Crippen molar-refractivity contribution in [3.63, 3.8) is 0 Å². The average molecular weight is 1090 g/mol. The molecule has 0 radical (unpaired) electrons. The van der Waals surface area contributed by atoms with Gasteiger partial charge in [-0.3, -0.25) is 14.2 Å². The van der Waals surface area contributed by atoms with E-state index in [1.807, 2.05) is 33.3 Å². The molecule has 9 nitrogen and oxygen atoms in total. The van der Waals surface area contributed by atoms with Gasteiger partial charge in [0.25, 0.3) is 7.82 Å². The van der Waals surface area contributed by atoms with Gasteiger partial charge in [0.1, 0.15) is 19.3 Å². The zero-order valence-electron chi connectivity index (χ0n) is 51.2. The summed E-state index contributed by atoms with van der Waals surface area (Å²) in [6.07, 6.45) is 68.2. The Bertz CT molecular complexity index is 1400. The molecule has 1 N–H and O–H groups in total. The molecule has 76 heavy (non-hydrogen) atoms. The van der Waals surface area contributed by atoms with Crippen LogP contribution in [0.3, 0.4) is 0 Å². The number of ether oxygens (including phenoxy) is 1. The second kappa shape index (κ2) is 56.5. The topological polar surface area (TPSA) is 114 Å². The van der Waals surface area contributed by atoms with Gasteiger partial charge < -0.3 is 28.5 Å². The van der Waals surface area contributed by atoms with Gasteiger partial charge in [-0.2, -0.15) is 0 Å². The molecule has 0 saturated carbocycles. The van der Waals surface area contributed by atoms with Gasteiger partial charge in [0, 0.05) is 12.8 Å². The fourth-order valence-electron chi connectivity index (χ4n) is 9.73. The quantitative estimate of drug-likeness (QED) is 0.0212. The summed E-state index contributed by atoms with van der Waals surface area (Å²) in [7, 11) is 1.20. The van der Waals surface area contributed by atoms with E-state index in [4.69, 9.17) is 13.8 Å². The van der Waals surface area contributed by atoms with Crippen molar-refractivity contribution in [3.05, 3.63) is 36.5 Å². The Hall–Kier alpha value is -1.77.